The molecule has 1 heterocycles. The zero-order valence-electron chi connectivity index (χ0n) is 14.0. The largest absolute Gasteiger partial charge is 0.504 e. The van der Waals surface area contributed by atoms with Crippen molar-refractivity contribution < 1.29 is 9.90 Å². The summed E-state index contributed by atoms with van der Waals surface area (Å²) in [5, 5.41) is 18.0. The quantitative estimate of drug-likeness (QED) is 0.569. The van der Waals surface area contributed by atoms with Crippen LogP contribution in [0.15, 0.2) is 59.8 Å². The van der Waals surface area contributed by atoms with Crippen LogP contribution in [0.2, 0.25) is 0 Å². The second kappa shape index (κ2) is 7.00. The molecule has 0 spiro atoms. The summed E-state index contributed by atoms with van der Waals surface area (Å²) in [6, 6.07) is 15.2. The van der Waals surface area contributed by atoms with E-state index >= 15 is 0 Å². The van der Waals surface area contributed by atoms with Gasteiger partial charge in [-0.3, -0.25) is 4.79 Å². The minimum atomic E-state index is -0.576. The fourth-order valence-corrected chi connectivity index (χ4v) is 2.42. The van der Waals surface area contributed by atoms with Gasteiger partial charge in [0, 0.05) is 0 Å². The zero-order chi connectivity index (χ0) is 17.8. The van der Waals surface area contributed by atoms with Crippen molar-refractivity contribution in [2.24, 2.45) is 5.10 Å². The van der Waals surface area contributed by atoms with Gasteiger partial charge in [-0.25, -0.2) is 10.1 Å². The van der Waals surface area contributed by atoms with Crippen LogP contribution in [0.3, 0.4) is 0 Å². The molecule has 3 aromatic rings. The maximum atomic E-state index is 12.2. The zero-order valence-corrected chi connectivity index (χ0v) is 14.0. The highest BCUT2D eigenvalue weighted by Gasteiger charge is 2.16. The number of rotatable bonds is 4. The Labute approximate surface area is 145 Å². The number of aromatic nitrogens is 2. The number of carbonyl (C=O) groups is 1. The van der Waals surface area contributed by atoms with Gasteiger partial charge in [-0.2, -0.15) is 10.2 Å². The maximum Gasteiger partial charge on any atom is 0.295 e. The molecular weight excluding hydrogens is 316 g/mol. The Morgan fingerprint density at radius 1 is 1.20 bits per heavy atom. The summed E-state index contributed by atoms with van der Waals surface area (Å²) in [5.41, 5.74) is 6.19. The lowest BCUT2D eigenvalue weighted by Gasteiger charge is -2.01. The van der Waals surface area contributed by atoms with E-state index in [9.17, 15) is 9.90 Å². The van der Waals surface area contributed by atoms with Crippen molar-refractivity contribution in [3.05, 3.63) is 77.1 Å². The highest BCUT2D eigenvalue weighted by molar-refractivity contribution is 5.95. The van der Waals surface area contributed by atoms with Crippen molar-refractivity contribution in [2.45, 2.75) is 13.8 Å². The number of nitrogens with zero attached hydrogens (tertiary/aromatic N) is 3. The summed E-state index contributed by atoms with van der Waals surface area (Å²) >= 11 is 0. The molecule has 0 saturated carbocycles. The number of benzene rings is 2. The van der Waals surface area contributed by atoms with Crippen LogP contribution in [0.25, 0.3) is 5.69 Å². The summed E-state index contributed by atoms with van der Waals surface area (Å²) in [7, 11) is 0. The second-order valence-corrected chi connectivity index (χ2v) is 5.70. The van der Waals surface area contributed by atoms with E-state index in [1.807, 2.05) is 62.4 Å². The third-order valence-corrected chi connectivity index (χ3v) is 3.73. The van der Waals surface area contributed by atoms with Gasteiger partial charge >= 0.3 is 0 Å². The second-order valence-electron chi connectivity index (χ2n) is 5.70. The number of para-hydroxylation sites is 1. The van der Waals surface area contributed by atoms with Gasteiger partial charge in [0.2, 0.25) is 0 Å². The molecule has 0 aliphatic rings. The average Bonchev–Trinajstić information content (AvgIpc) is 2.99. The van der Waals surface area contributed by atoms with E-state index in [4.69, 9.17) is 0 Å². The number of hydrazone groups is 1. The molecule has 25 heavy (non-hydrogen) atoms. The Kier molecular flexibility index (Phi) is 4.61. The number of aryl methyl sites for hydroxylation is 2. The topological polar surface area (TPSA) is 79.5 Å². The molecular formula is C19H18N4O2. The van der Waals surface area contributed by atoms with E-state index in [2.05, 4.69) is 15.6 Å². The number of hydrogen-bond acceptors (Lipinski definition) is 4. The average molecular weight is 334 g/mol. The van der Waals surface area contributed by atoms with Crippen LogP contribution in [0, 0.1) is 13.8 Å². The van der Waals surface area contributed by atoms with E-state index in [0.29, 0.717) is 0 Å². The molecule has 0 atom stereocenters. The van der Waals surface area contributed by atoms with Gasteiger partial charge in [-0.1, -0.05) is 42.0 Å². The van der Waals surface area contributed by atoms with Crippen LogP contribution in [0.4, 0.5) is 0 Å². The first-order chi connectivity index (χ1) is 12.0. The first-order valence-electron chi connectivity index (χ1n) is 7.79. The van der Waals surface area contributed by atoms with Gasteiger partial charge in [-0.05, 0) is 37.1 Å². The Hall–Kier alpha value is -3.41. The Bertz CT molecular complexity index is 930. The Balaban J connectivity index is 1.73. The molecule has 6 heteroatoms. The van der Waals surface area contributed by atoms with Crippen molar-refractivity contribution in [3.63, 3.8) is 0 Å². The molecule has 126 valence electrons. The standard InChI is InChI=1S/C19H18N4O2/c1-13-8-9-15(14(2)10-13)11-20-21-19(25)18-17(24)12-23(22-18)16-6-4-3-5-7-16/h3-12,24H,1-2H3,(H,21,25). The normalized spacial score (nSPS) is 11.0. The number of amides is 1. The first kappa shape index (κ1) is 16.4. The Morgan fingerprint density at radius 3 is 2.68 bits per heavy atom. The van der Waals surface area contributed by atoms with Gasteiger partial charge in [0.05, 0.1) is 18.1 Å². The molecule has 6 nitrogen and oxygen atoms in total. The van der Waals surface area contributed by atoms with E-state index in [-0.39, 0.29) is 11.4 Å². The molecule has 3 rings (SSSR count). The minimum absolute atomic E-state index is 0.0818. The first-order valence-corrected chi connectivity index (χ1v) is 7.79. The highest BCUT2D eigenvalue weighted by Crippen LogP contribution is 2.17. The minimum Gasteiger partial charge on any atom is -0.504 e. The van der Waals surface area contributed by atoms with Gasteiger partial charge in [0.1, 0.15) is 0 Å². The summed E-state index contributed by atoms with van der Waals surface area (Å²) in [5.74, 6) is -0.781. The lowest BCUT2D eigenvalue weighted by Crippen LogP contribution is -2.18. The SMILES string of the molecule is Cc1ccc(C=NNC(=O)c2nn(-c3ccccc3)cc2O)c(C)c1. The number of carbonyl (C=O) groups excluding carboxylic acids is 1. The summed E-state index contributed by atoms with van der Waals surface area (Å²) in [4.78, 5) is 12.2. The summed E-state index contributed by atoms with van der Waals surface area (Å²) in [6.45, 7) is 3.99. The predicted molar refractivity (Wildman–Crippen MR) is 96.2 cm³/mol. The third kappa shape index (κ3) is 3.74. The van der Waals surface area contributed by atoms with Gasteiger partial charge in [0.25, 0.3) is 5.91 Å². The van der Waals surface area contributed by atoms with Crippen molar-refractivity contribution in [2.75, 3.05) is 0 Å². The molecule has 0 fully saturated rings. The lowest BCUT2D eigenvalue weighted by molar-refractivity contribution is 0.0947. The monoisotopic (exact) mass is 334 g/mol. The van der Waals surface area contributed by atoms with Crippen molar-refractivity contribution in [1.82, 2.24) is 15.2 Å². The fraction of sp³-hybridized carbons (Fsp3) is 0.105. The Morgan fingerprint density at radius 2 is 1.96 bits per heavy atom. The van der Waals surface area contributed by atoms with Crippen LogP contribution in [-0.2, 0) is 0 Å². The van der Waals surface area contributed by atoms with Crippen molar-refractivity contribution >= 4 is 12.1 Å². The molecule has 0 saturated heterocycles. The summed E-state index contributed by atoms with van der Waals surface area (Å²) in [6.07, 6.45) is 2.95. The predicted octanol–water partition coefficient (Wildman–Crippen LogP) is 2.96. The van der Waals surface area contributed by atoms with Crippen LogP contribution in [-0.4, -0.2) is 27.0 Å². The maximum absolute atomic E-state index is 12.2. The molecule has 1 amide bonds. The number of nitrogens with one attached hydrogen (secondary N) is 1. The molecule has 0 radical (unpaired) electrons. The van der Waals surface area contributed by atoms with Crippen LogP contribution in [0.1, 0.15) is 27.2 Å². The van der Waals surface area contributed by atoms with Gasteiger partial charge in [-0.15, -0.1) is 0 Å². The van der Waals surface area contributed by atoms with Crippen LogP contribution in [0.5, 0.6) is 5.75 Å². The molecule has 0 unspecified atom stereocenters. The number of hydrogen-bond donors (Lipinski definition) is 2. The van der Waals surface area contributed by atoms with Gasteiger partial charge in [0.15, 0.2) is 11.4 Å². The van der Waals surface area contributed by atoms with Crippen LogP contribution >= 0.6 is 0 Å². The number of aromatic hydroxyl groups is 1. The van der Waals surface area contributed by atoms with E-state index in [1.165, 1.54) is 10.9 Å². The molecule has 1 aromatic heterocycles. The highest BCUT2D eigenvalue weighted by atomic mass is 16.3. The van der Waals surface area contributed by atoms with E-state index in [0.717, 1.165) is 22.4 Å². The van der Waals surface area contributed by atoms with E-state index < -0.39 is 5.91 Å². The van der Waals surface area contributed by atoms with Crippen LogP contribution < -0.4 is 5.43 Å². The molecule has 2 aromatic carbocycles. The van der Waals surface area contributed by atoms with Crippen molar-refractivity contribution in [1.29, 1.82) is 0 Å². The molecule has 0 aliphatic heterocycles. The fourth-order valence-electron chi connectivity index (χ4n) is 2.42. The summed E-state index contributed by atoms with van der Waals surface area (Å²) < 4.78 is 1.44. The molecule has 0 aliphatic carbocycles. The van der Waals surface area contributed by atoms with E-state index in [1.54, 1.807) is 6.21 Å². The third-order valence-electron chi connectivity index (χ3n) is 3.73. The molecule has 0 bridgehead atoms. The smallest absolute Gasteiger partial charge is 0.295 e. The molecule has 2 N–H and O–H groups in total. The van der Waals surface area contributed by atoms with Crippen molar-refractivity contribution in [3.8, 4) is 11.4 Å². The lowest BCUT2D eigenvalue weighted by atomic mass is 10.1. The van der Waals surface area contributed by atoms with Gasteiger partial charge < -0.3 is 5.11 Å².